The SMILES string of the molecule is CCC(C)c1cc(S(N)(=O)=O)ccc1OCCN(C)C. The number of likely N-dealkylation sites (N-methyl/N-ethyl adjacent to an activating group) is 1. The van der Waals surface area contributed by atoms with Gasteiger partial charge >= 0.3 is 0 Å². The minimum Gasteiger partial charge on any atom is -0.492 e. The van der Waals surface area contributed by atoms with Gasteiger partial charge in [-0.25, -0.2) is 13.6 Å². The van der Waals surface area contributed by atoms with Crippen molar-refractivity contribution in [3.8, 4) is 5.75 Å². The quantitative estimate of drug-likeness (QED) is 0.833. The van der Waals surface area contributed by atoms with Gasteiger partial charge in [-0.2, -0.15) is 0 Å². The minimum atomic E-state index is -3.68. The molecule has 0 aliphatic carbocycles. The molecule has 0 radical (unpaired) electrons. The molecule has 20 heavy (non-hydrogen) atoms. The van der Waals surface area contributed by atoms with Crippen LogP contribution in [0.1, 0.15) is 31.7 Å². The lowest BCUT2D eigenvalue weighted by Crippen LogP contribution is -2.20. The zero-order valence-electron chi connectivity index (χ0n) is 12.6. The summed E-state index contributed by atoms with van der Waals surface area (Å²) in [7, 11) is 0.269. The summed E-state index contributed by atoms with van der Waals surface area (Å²) in [6, 6.07) is 4.80. The topological polar surface area (TPSA) is 72.6 Å². The van der Waals surface area contributed by atoms with Gasteiger partial charge in [-0.3, -0.25) is 0 Å². The van der Waals surface area contributed by atoms with Gasteiger partial charge in [0.2, 0.25) is 10.0 Å². The van der Waals surface area contributed by atoms with Gasteiger partial charge in [-0.05, 0) is 50.2 Å². The van der Waals surface area contributed by atoms with Crippen molar-refractivity contribution in [3.05, 3.63) is 23.8 Å². The molecular formula is C14H24N2O3S. The summed E-state index contributed by atoms with van der Waals surface area (Å²) in [5.41, 5.74) is 0.887. The minimum absolute atomic E-state index is 0.132. The van der Waals surface area contributed by atoms with Crippen molar-refractivity contribution in [3.63, 3.8) is 0 Å². The molecular weight excluding hydrogens is 276 g/mol. The van der Waals surface area contributed by atoms with Crippen LogP contribution in [0.15, 0.2) is 23.1 Å². The predicted molar refractivity (Wildman–Crippen MR) is 80.6 cm³/mol. The molecule has 1 rings (SSSR count). The third-order valence-corrected chi connectivity index (χ3v) is 4.16. The first-order valence-corrected chi connectivity index (χ1v) is 8.24. The Morgan fingerprint density at radius 1 is 1.35 bits per heavy atom. The van der Waals surface area contributed by atoms with Gasteiger partial charge in [0.15, 0.2) is 0 Å². The zero-order valence-corrected chi connectivity index (χ0v) is 13.4. The van der Waals surface area contributed by atoms with Crippen LogP contribution in [-0.2, 0) is 10.0 Å². The molecule has 0 amide bonds. The van der Waals surface area contributed by atoms with Gasteiger partial charge in [-0.15, -0.1) is 0 Å². The number of hydrogen-bond donors (Lipinski definition) is 1. The molecule has 6 heteroatoms. The Labute approximate surface area is 121 Å². The van der Waals surface area contributed by atoms with Gasteiger partial charge in [-0.1, -0.05) is 13.8 Å². The maximum atomic E-state index is 11.4. The van der Waals surface area contributed by atoms with Crippen molar-refractivity contribution >= 4 is 10.0 Å². The maximum Gasteiger partial charge on any atom is 0.238 e. The fourth-order valence-corrected chi connectivity index (χ4v) is 2.33. The van der Waals surface area contributed by atoms with Crippen molar-refractivity contribution in [1.29, 1.82) is 0 Å². The highest BCUT2D eigenvalue weighted by molar-refractivity contribution is 7.89. The van der Waals surface area contributed by atoms with Gasteiger partial charge in [0, 0.05) is 6.54 Å². The van der Waals surface area contributed by atoms with E-state index in [1.54, 1.807) is 12.1 Å². The van der Waals surface area contributed by atoms with Crippen molar-refractivity contribution in [2.75, 3.05) is 27.2 Å². The monoisotopic (exact) mass is 300 g/mol. The normalized spacial score (nSPS) is 13.5. The third kappa shape index (κ3) is 4.77. The van der Waals surface area contributed by atoms with E-state index in [4.69, 9.17) is 9.88 Å². The van der Waals surface area contributed by atoms with E-state index in [1.807, 2.05) is 25.9 Å². The number of sulfonamides is 1. The van der Waals surface area contributed by atoms with Crippen molar-refractivity contribution < 1.29 is 13.2 Å². The Morgan fingerprint density at radius 2 is 2.00 bits per heavy atom. The molecule has 1 aromatic carbocycles. The molecule has 0 fully saturated rings. The van der Waals surface area contributed by atoms with Crippen LogP contribution in [0.4, 0.5) is 0 Å². The highest BCUT2D eigenvalue weighted by Gasteiger charge is 2.16. The number of primary sulfonamides is 1. The average Bonchev–Trinajstić information content (AvgIpc) is 2.36. The molecule has 5 nitrogen and oxygen atoms in total. The van der Waals surface area contributed by atoms with Crippen LogP contribution in [0.25, 0.3) is 0 Å². The van der Waals surface area contributed by atoms with Crippen LogP contribution < -0.4 is 9.88 Å². The third-order valence-electron chi connectivity index (χ3n) is 3.25. The first kappa shape index (κ1) is 16.9. The van der Waals surface area contributed by atoms with Crippen LogP contribution in [0, 0.1) is 0 Å². The lowest BCUT2D eigenvalue weighted by Gasteiger charge is -2.18. The second-order valence-electron chi connectivity index (χ2n) is 5.21. The van der Waals surface area contributed by atoms with Gasteiger partial charge < -0.3 is 9.64 Å². The molecule has 0 saturated heterocycles. The Morgan fingerprint density at radius 3 is 2.50 bits per heavy atom. The summed E-state index contributed by atoms with van der Waals surface area (Å²) >= 11 is 0. The molecule has 0 aliphatic heterocycles. The first-order chi connectivity index (χ1) is 9.25. The number of rotatable bonds is 7. The average molecular weight is 300 g/mol. The summed E-state index contributed by atoms with van der Waals surface area (Å²) in [6.45, 7) is 5.46. The molecule has 1 unspecified atom stereocenters. The maximum absolute atomic E-state index is 11.4. The molecule has 0 aromatic heterocycles. The summed E-state index contributed by atoms with van der Waals surface area (Å²) in [5.74, 6) is 0.944. The molecule has 0 aliphatic rings. The Kier molecular flexibility index (Phi) is 5.98. The summed E-state index contributed by atoms with van der Waals surface area (Å²) < 4.78 is 28.6. The second kappa shape index (κ2) is 7.06. The van der Waals surface area contributed by atoms with E-state index in [0.717, 1.165) is 24.3 Å². The smallest absolute Gasteiger partial charge is 0.238 e. The highest BCUT2D eigenvalue weighted by atomic mass is 32.2. The summed E-state index contributed by atoms with van der Waals surface area (Å²) in [6.07, 6.45) is 0.901. The molecule has 0 saturated carbocycles. The Hall–Kier alpha value is -1.11. The van der Waals surface area contributed by atoms with E-state index in [2.05, 4.69) is 6.92 Å². The molecule has 0 bridgehead atoms. The van der Waals surface area contributed by atoms with Gasteiger partial charge in [0.25, 0.3) is 0 Å². The van der Waals surface area contributed by atoms with E-state index >= 15 is 0 Å². The van der Waals surface area contributed by atoms with E-state index in [9.17, 15) is 8.42 Å². The fourth-order valence-electron chi connectivity index (χ4n) is 1.78. The number of hydrogen-bond acceptors (Lipinski definition) is 4. The van der Waals surface area contributed by atoms with Crippen LogP contribution in [0.2, 0.25) is 0 Å². The van der Waals surface area contributed by atoms with E-state index in [-0.39, 0.29) is 10.8 Å². The second-order valence-corrected chi connectivity index (χ2v) is 6.77. The number of nitrogens with zero attached hydrogens (tertiary/aromatic N) is 1. The van der Waals surface area contributed by atoms with Crippen molar-refractivity contribution in [2.24, 2.45) is 5.14 Å². The lowest BCUT2D eigenvalue weighted by atomic mass is 9.98. The number of ether oxygens (including phenoxy) is 1. The van der Waals surface area contributed by atoms with Crippen LogP contribution in [-0.4, -0.2) is 40.6 Å². The largest absolute Gasteiger partial charge is 0.492 e. The van der Waals surface area contributed by atoms with Crippen LogP contribution in [0.3, 0.4) is 0 Å². The van der Waals surface area contributed by atoms with E-state index < -0.39 is 10.0 Å². The lowest BCUT2D eigenvalue weighted by molar-refractivity contribution is 0.258. The van der Waals surface area contributed by atoms with Crippen LogP contribution in [0.5, 0.6) is 5.75 Å². The standard InChI is InChI=1S/C14H24N2O3S/c1-5-11(2)13-10-12(20(15,17)18)6-7-14(13)19-9-8-16(3)4/h6-7,10-11H,5,8-9H2,1-4H3,(H2,15,17,18). The van der Waals surface area contributed by atoms with E-state index in [0.29, 0.717) is 6.61 Å². The van der Waals surface area contributed by atoms with Crippen molar-refractivity contribution in [1.82, 2.24) is 4.90 Å². The molecule has 2 N–H and O–H groups in total. The number of benzene rings is 1. The molecule has 0 spiro atoms. The highest BCUT2D eigenvalue weighted by Crippen LogP contribution is 2.30. The Balaban J connectivity index is 3.04. The zero-order chi connectivity index (χ0) is 15.3. The molecule has 1 aromatic rings. The Bertz CT molecular complexity index is 541. The summed E-state index contributed by atoms with van der Waals surface area (Å²) in [4.78, 5) is 2.16. The van der Waals surface area contributed by atoms with Crippen molar-refractivity contribution in [2.45, 2.75) is 31.1 Å². The summed E-state index contributed by atoms with van der Waals surface area (Å²) in [5, 5.41) is 5.18. The van der Waals surface area contributed by atoms with E-state index in [1.165, 1.54) is 6.07 Å². The fraction of sp³-hybridized carbons (Fsp3) is 0.571. The first-order valence-electron chi connectivity index (χ1n) is 6.70. The van der Waals surface area contributed by atoms with Gasteiger partial charge in [0.05, 0.1) is 4.90 Å². The van der Waals surface area contributed by atoms with Crippen LogP contribution >= 0.6 is 0 Å². The molecule has 0 heterocycles. The molecule has 1 atom stereocenters. The molecule has 114 valence electrons. The van der Waals surface area contributed by atoms with Gasteiger partial charge in [0.1, 0.15) is 12.4 Å². The number of nitrogens with two attached hydrogens (primary N) is 1. The predicted octanol–water partition coefficient (Wildman–Crippen LogP) is 1.79.